The van der Waals surface area contributed by atoms with E-state index in [0.29, 0.717) is 19.8 Å². The Morgan fingerprint density at radius 1 is 1.29 bits per heavy atom. The number of halogens is 2. The van der Waals surface area contributed by atoms with Gasteiger partial charge in [0.15, 0.2) is 0 Å². The van der Waals surface area contributed by atoms with Gasteiger partial charge in [0.1, 0.15) is 5.82 Å². The van der Waals surface area contributed by atoms with Crippen molar-refractivity contribution in [1.82, 2.24) is 0 Å². The van der Waals surface area contributed by atoms with E-state index >= 15 is 0 Å². The summed E-state index contributed by atoms with van der Waals surface area (Å²) >= 11 is 3.46. The van der Waals surface area contributed by atoms with Gasteiger partial charge in [-0.05, 0) is 30.0 Å². The molecule has 1 aromatic carbocycles. The van der Waals surface area contributed by atoms with E-state index in [1.165, 1.54) is 6.07 Å². The number of rotatable bonds is 8. The summed E-state index contributed by atoms with van der Waals surface area (Å²) in [5, 5.41) is 0.810. The van der Waals surface area contributed by atoms with Crippen molar-refractivity contribution in [1.29, 1.82) is 0 Å². The number of benzene rings is 1. The van der Waals surface area contributed by atoms with Crippen LogP contribution in [0, 0.1) is 5.82 Å². The smallest absolute Gasteiger partial charge is 0.123 e. The maximum Gasteiger partial charge on any atom is 0.123 e. The van der Waals surface area contributed by atoms with Crippen molar-refractivity contribution in [2.75, 3.05) is 32.3 Å². The molecule has 0 N–H and O–H groups in total. The van der Waals surface area contributed by atoms with Gasteiger partial charge in [0.2, 0.25) is 0 Å². The molecule has 0 aliphatic heterocycles. The molecular weight excluding hydrogens is 287 g/mol. The fraction of sp³-hybridized carbons (Fsp3) is 0.538. The van der Waals surface area contributed by atoms with Gasteiger partial charge in [-0.3, -0.25) is 0 Å². The minimum Gasteiger partial charge on any atom is -0.382 e. The van der Waals surface area contributed by atoms with E-state index in [4.69, 9.17) is 9.47 Å². The predicted octanol–water partition coefficient (Wildman–Crippen LogP) is 3.36. The van der Waals surface area contributed by atoms with Crippen LogP contribution in [0.4, 0.5) is 4.39 Å². The van der Waals surface area contributed by atoms with Crippen molar-refractivity contribution in [2.45, 2.75) is 12.3 Å². The second kappa shape index (κ2) is 8.61. The van der Waals surface area contributed by atoms with E-state index in [0.717, 1.165) is 17.3 Å². The largest absolute Gasteiger partial charge is 0.382 e. The van der Waals surface area contributed by atoms with Gasteiger partial charge >= 0.3 is 0 Å². The zero-order chi connectivity index (χ0) is 12.5. The number of hydrogen-bond donors (Lipinski definition) is 0. The van der Waals surface area contributed by atoms with Gasteiger partial charge in [0.05, 0.1) is 13.2 Å². The van der Waals surface area contributed by atoms with Crippen LogP contribution in [0.5, 0.6) is 0 Å². The number of hydrogen-bond acceptors (Lipinski definition) is 2. The molecule has 1 unspecified atom stereocenters. The molecule has 1 rings (SSSR count). The van der Waals surface area contributed by atoms with E-state index in [1.54, 1.807) is 19.2 Å². The summed E-state index contributed by atoms with van der Waals surface area (Å²) in [6, 6.07) is 6.74. The van der Waals surface area contributed by atoms with Crippen LogP contribution < -0.4 is 0 Å². The molecule has 0 aromatic heterocycles. The molecule has 2 nitrogen and oxygen atoms in total. The Hall–Kier alpha value is -0.450. The predicted molar refractivity (Wildman–Crippen MR) is 70.2 cm³/mol. The second-order valence-corrected chi connectivity index (χ2v) is 4.45. The highest BCUT2D eigenvalue weighted by Crippen LogP contribution is 2.22. The van der Waals surface area contributed by atoms with Gasteiger partial charge in [0.25, 0.3) is 0 Å². The van der Waals surface area contributed by atoms with Gasteiger partial charge in [-0.2, -0.15) is 0 Å². The summed E-state index contributed by atoms with van der Waals surface area (Å²) in [5.41, 5.74) is 1.01. The summed E-state index contributed by atoms with van der Waals surface area (Å²) in [6.45, 7) is 1.88. The van der Waals surface area contributed by atoms with Crippen LogP contribution in [-0.4, -0.2) is 32.3 Å². The van der Waals surface area contributed by atoms with Crippen LogP contribution in [0.3, 0.4) is 0 Å². The lowest BCUT2D eigenvalue weighted by atomic mass is 9.98. The SMILES string of the molecule is COCCOCCC(CBr)c1cccc(F)c1. The number of ether oxygens (including phenoxy) is 2. The molecular formula is C13H18BrFO2. The third kappa shape index (κ3) is 5.61. The van der Waals surface area contributed by atoms with Gasteiger partial charge in [0, 0.05) is 19.0 Å². The zero-order valence-electron chi connectivity index (χ0n) is 9.99. The molecule has 0 saturated carbocycles. The first kappa shape index (κ1) is 14.6. The highest BCUT2D eigenvalue weighted by Gasteiger charge is 2.10. The van der Waals surface area contributed by atoms with E-state index in [-0.39, 0.29) is 11.7 Å². The molecule has 1 aromatic rings. The number of methoxy groups -OCH3 is 1. The quantitative estimate of drug-likeness (QED) is 0.541. The first-order valence-corrected chi connectivity index (χ1v) is 6.78. The Kier molecular flexibility index (Phi) is 7.40. The van der Waals surface area contributed by atoms with Crippen molar-refractivity contribution in [2.24, 2.45) is 0 Å². The minimum atomic E-state index is -0.186. The molecule has 0 saturated heterocycles. The molecule has 0 aliphatic carbocycles. The molecule has 0 spiro atoms. The fourth-order valence-corrected chi connectivity index (χ4v) is 2.26. The monoisotopic (exact) mass is 304 g/mol. The van der Waals surface area contributed by atoms with E-state index in [9.17, 15) is 4.39 Å². The topological polar surface area (TPSA) is 18.5 Å². The van der Waals surface area contributed by atoms with Crippen LogP contribution in [0.2, 0.25) is 0 Å². The summed E-state index contributed by atoms with van der Waals surface area (Å²) in [7, 11) is 1.65. The average molecular weight is 305 g/mol. The molecule has 4 heteroatoms. The molecule has 0 heterocycles. The lowest BCUT2D eigenvalue weighted by Gasteiger charge is -2.14. The Balaban J connectivity index is 2.38. The third-order valence-electron chi connectivity index (χ3n) is 2.55. The maximum atomic E-state index is 13.1. The van der Waals surface area contributed by atoms with Gasteiger partial charge in [-0.1, -0.05) is 28.1 Å². The zero-order valence-corrected chi connectivity index (χ0v) is 11.6. The van der Waals surface area contributed by atoms with Crippen molar-refractivity contribution >= 4 is 15.9 Å². The second-order valence-electron chi connectivity index (χ2n) is 3.80. The molecule has 96 valence electrons. The average Bonchev–Trinajstić information content (AvgIpc) is 2.34. The van der Waals surface area contributed by atoms with Crippen LogP contribution in [0.1, 0.15) is 17.9 Å². The van der Waals surface area contributed by atoms with Crippen molar-refractivity contribution in [3.05, 3.63) is 35.6 Å². The van der Waals surface area contributed by atoms with Crippen LogP contribution in [-0.2, 0) is 9.47 Å². The van der Waals surface area contributed by atoms with E-state index < -0.39 is 0 Å². The molecule has 0 fully saturated rings. The normalized spacial score (nSPS) is 12.6. The Morgan fingerprint density at radius 2 is 2.12 bits per heavy atom. The third-order valence-corrected chi connectivity index (χ3v) is 3.33. The summed E-state index contributed by atoms with van der Waals surface area (Å²) in [4.78, 5) is 0. The molecule has 1 atom stereocenters. The molecule has 17 heavy (non-hydrogen) atoms. The summed E-state index contributed by atoms with van der Waals surface area (Å²) in [6.07, 6.45) is 0.873. The van der Waals surface area contributed by atoms with Crippen molar-refractivity contribution in [3.63, 3.8) is 0 Å². The maximum absolute atomic E-state index is 13.1. The Morgan fingerprint density at radius 3 is 2.76 bits per heavy atom. The van der Waals surface area contributed by atoms with E-state index in [2.05, 4.69) is 15.9 Å². The first-order valence-electron chi connectivity index (χ1n) is 5.66. The molecule has 0 radical (unpaired) electrons. The highest BCUT2D eigenvalue weighted by molar-refractivity contribution is 9.09. The lowest BCUT2D eigenvalue weighted by Crippen LogP contribution is -2.08. The molecule has 0 bridgehead atoms. The van der Waals surface area contributed by atoms with Crippen LogP contribution >= 0.6 is 15.9 Å². The van der Waals surface area contributed by atoms with Crippen molar-refractivity contribution < 1.29 is 13.9 Å². The van der Waals surface area contributed by atoms with Gasteiger partial charge in [-0.25, -0.2) is 4.39 Å². The minimum absolute atomic E-state index is 0.186. The number of alkyl halides is 1. The van der Waals surface area contributed by atoms with Gasteiger partial charge in [-0.15, -0.1) is 0 Å². The van der Waals surface area contributed by atoms with Crippen LogP contribution in [0.25, 0.3) is 0 Å². The highest BCUT2D eigenvalue weighted by atomic mass is 79.9. The standard InChI is InChI=1S/C13H18BrFO2/c1-16-7-8-17-6-5-12(10-14)11-3-2-4-13(15)9-11/h2-4,9,12H,5-8,10H2,1H3. The van der Waals surface area contributed by atoms with Gasteiger partial charge < -0.3 is 9.47 Å². The summed E-state index contributed by atoms with van der Waals surface area (Å²) in [5.74, 6) is 0.0991. The van der Waals surface area contributed by atoms with E-state index in [1.807, 2.05) is 6.07 Å². The molecule has 0 aliphatic rings. The fourth-order valence-electron chi connectivity index (χ4n) is 1.56. The van der Waals surface area contributed by atoms with Crippen molar-refractivity contribution in [3.8, 4) is 0 Å². The summed E-state index contributed by atoms with van der Waals surface area (Å²) < 4.78 is 23.4. The molecule has 0 amide bonds. The lowest BCUT2D eigenvalue weighted by molar-refractivity contribution is 0.0677. The van der Waals surface area contributed by atoms with Crippen LogP contribution in [0.15, 0.2) is 24.3 Å². The Bertz CT molecular complexity index is 320. The first-order chi connectivity index (χ1) is 8.27. The Labute approximate surface area is 110 Å².